The lowest BCUT2D eigenvalue weighted by Crippen LogP contribution is -2.29. The van der Waals surface area contributed by atoms with Gasteiger partial charge < -0.3 is 9.88 Å². The van der Waals surface area contributed by atoms with Gasteiger partial charge in [0.15, 0.2) is 0 Å². The first-order valence-corrected chi connectivity index (χ1v) is 7.87. The zero-order chi connectivity index (χ0) is 15.9. The predicted octanol–water partition coefficient (Wildman–Crippen LogP) is 2.81. The molecule has 2 aromatic rings. The topological polar surface area (TPSA) is 59.8 Å². The number of hydrogen-bond donors (Lipinski definition) is 1. The fraction of sp³-hybridized carbons (Fsp3) is 0.471. The normalized spacial score (nSPS) is 12.1. The van der Waals surface area contributed by atoms with Crippen LogP contribution in [0.3, 0.4) is 0 Å². The molecule has 2 rings (SSSR count). The number of hydrogen-bond acceptors (Lipinski definition) is 3. The molecule has 2 aromatic heterocycles. The van der Waals surface area contributed by atoms with Crippen molar-refractivity contribution in [1.82, 2.24) is 19.9 Å². The maximum Gasteiger partial charge on any atom is 0.222 e. The van der Waals surface area contributed by atoms with Crippen molar-refractivity contribution >= 4 is 5.91 Å². The van der Waals surface area contributed by atoms with Crippen molar-refractivity contribution in [2.24, 2.45) is 0 Å². The number of carbonyl (C=O) groups is 1. The van der Waals surface area contributed by atoms with Gasteiger partial charge in [0, 0.05) is 37.5 Å². The highest BCUT2D eigenvalue weighted by molar-refractivity contribution is 5.76. The Kier molecular flexibility index (Phi) is 5.69. The molecule has 0 fully saturated rings. The second-order valence-corrected chi connectivity index (χ2v) is 5.37. The molecule has 1 unspecified atom stereocenters. The van der Waals surface area contributed by atoms with Gasteiger partial charge in [-0.15, -0.1) is 0 Å². The minimum atomic E-state index is -0.0270. The van der Waals surface area contributed by atoms with Gasteiger partial charge in [-0.05, 0) is 25.5 Å². The average Bonchev–Trinajstić information content (AvgIpc) is 2.98. The molecular weight excluding hydrogens is 276 g/mol. The molecule has 1 atom stereocenters. The molecule has 0 radical (unpaired) electrons. The van der Waals surface area contributed by atoms with Crippen molar-refractivity contribution in [2.75, 3.05) is 0 Å². The molecular formula is C17H24N4O. The van der Waals surface area contributed by atoms with Crippen molar-refractivity contribution < 1.29 is 4.79 Å². The fourth-order valence-corrected chi connectivity index (χ4v) is 2.49. The average molecular weight is 300 g/mol. The Balaban J connectivity index is 1.92. The summed E-state index contributed by atoms with van der Waals surface area (Å²) in [4.78, 5) is 21.0. The largest absolute Gasteiger partial charge is 0.348 e. The smallest absolute Gasteiger partial charge is 0.222 e. The van der Waals surface area contributed by atoms with Gasteiger partial charge in [-0.3, -0.25) is 9.78 Å². The Morgan fingerprint density at radius 3 is 2.86 bits per heavy atom. The van der Waals surface area contributed by atoms with Gasteiger partial charge in [0.1, 0.15) is 5.82 Å². The number of rotatable bonds is 7. The van der Waals surface area contributed by atoms with Crippen LogP contribution in [0.15, 0.2) is 30.6 Å². The first kappa shape index (κ1) is 16.2. The van der Waals surface area contributed by atoms with Crippen molar-refractivity contribution in [1.29, 1.82) is 0 Å². The van der Waals surface area contributed by atoms with E-state index in [1.54, 1.807) is 6.20 Å². The summed E-state index contributed by atoms with van der Waals surface area (Å²) in [7, 11) is 0. The van der Waals surface area contributed by atoms with Gasteiger partial charge in [-0.25, -0.2) is 4.98 Å². The van der Waals surface area contributed by atoms with E-state index in [4.69, 9.17) is 0 Å². The monoisotopic (exact) mass is 300 g/mol. The maximum atomic E-state index is 12.2. The summed E-state index contributed by atoms with van der Waals surface area (Å²) in [6.45, 7) is 6.74. The number of amides is 1. The maximum absolute atomic E-state index is 12.2. The number of imidazole rings is 1. The number of carbonyl (C=O) groups excluding carboxylic acids is 1. The second kappa shape index (κ2) is 7.73. The van der Waals surface area contributed by atoms with Crippen molar-refractivity contribution in [3.8, 4) is 0 Å². The van der Waals surface area contributed by atoms with Crippen LogP contribution in [0.2, 0.25) is 0 Å². The molecule has 2 heterocycles. The molecule has 5 nitrogen and oxygen atoms in total. The zero-order valence-electron chi connectivity index (χ0n) is 13.5. The summed E-state index contributed by atoms with van der Waals surface area (Å²) >= 11 is 0. The third kappa shape index (κ3) is 4.16. The van der Waals surface area contributed by atoms with Gasteiger partial charge in [0.05, 0.1) is 11.7 Å². The SMILES string of the molecule is CCc1nccn1CCC(=O)NC(CC)c1cccc(C)n1. The van der Waals surface area contributed by atoms with Crippen LogP contribution in [0.25, 0.3) is 0 Å². The molecule has 0 aliphatic carbocycles. The van der Waals surface area contributed by atoms with Crippen LogP contribution in [-0.4, -0.2) is 20.4 Å². The first-order chi connectivity index (χ1) is 10.6. The third-order valence-electron chi connectivity index (χ3n) is 3.71. The number of aromatic nitrogens is 3. The molecule has 0 bridgehead atoms. The summed E-state index contributed by atoms with van der Waals surface area (Å²) in [5.41, 5.74) is 1.89. The Labute approximate surface area is 131 Å². The summed E-state index contributed by atoms with van der Waals surface area (Å²) in [6, 6.07) is 5.88. The molecule has 0 spiro atoms. The molecule has 22 heavy (non-hydrogen) atoms. The molecule has 0 saturated carbocycles. The van der Waals surface area contributed by atoms with Crippen molar-refractivity contribution in [3.05, 3.63) is 47.8 Å². The number of nitrogens with zero attached hydrogens (tertiary/aromatic N) is 3. The number of nitrogens with one attached hydrogen (secondary N) is 1. The van der Waals surface area contributed by atoms with E-state index in [9.17, 15) is 4.79 Å². The molecule has 1 amide bonds. The quantitative estimate of drug-likeness (QED) is 0.855. The van der Waals surface area contributed by atoms with Gasteiger partial charge in [0.25, 0.3) is 0 Å². The highest BCUT2D eigenvalue weighted by atomic mass is 16.1. The van der Waals surface area contributed by atoms with E-state index in [-0.39, 0.29) is 11.9 Å². The van der Waals surface area contributed by atoms with Crippen LogP contribution in [0.1, 0.15) is 49.9 Å². The first-order valence-electron chi connectivity index (χ1n) is 7.87. The minimum absolute atomic E-state index is 0.0270. The molecule has 0 aromatic carbocycles. The van der Waals surface area contributed by atoms with Gasteiger partial charge in [-0.2, -0.15) is 0 Å². The van der Waals surface area contributed by atoms with Crippen molar-refractivity contribution in [2.45, 2.75) is 52.6 Å². The number of aryl methyl sites for hydroxylation is 3. The standard InChI is InChI=1S/C17H24N4O/c1-4-14(15-8-6-7-13(3)19-15)20-17(22)9-11-21-12-10-18-16(21)5-2/h6-8,10,12,14H,4-5,9,11H2,1-3H3,(H,20,22). The molecule has 0 saturated heterocycles. The summed E-state index contributed by atoms with van der Waals surface area (Å²) in [5.74, 6) is 1.06. The fourth-order valence-electron chi connectivity index (χ4n) is 2.49. The number of pyridine rings is 1. The van der Waals surface area contributed by atoms with E-state index in [2.05, 4.69) is 29.1 Å². The second-order valence-electron chi connectivity index (χ2n) is 5.37. The Morgan fingerprint density at radius 1 is 1.36 bits per heavy atom. The molecule has 118 valence electrons. The van der Waals surface area contributed by atoms with Crippen LogP contribution >= 0.6 is 0 Å². The van der Waals surface area contributed by atoms with Gasteiger partial charge in [-0.1, -0.05) is 19.9 Å². The van der Waals surface area contributed by atoms with E-state index in [1.807, 2.05) is 35.9 Å². The van der Waals surface area contributed by atoms with E-state index in [1.165, 1.54) is 0 Å². The third-order valence-corrected chi connectivity index (χ3v) is 3.71. The van der Waals surface area contributed by atoms with E-state index in [0.29, 0.717) is 13.0 Å². The highest BCUT2D eigenvalue weighted by Gasteiger charge is 2.14. The summed E-state index contributed by atoms with van der Waals surface area (Å²) in [6.07, 6.45) is 5.85. The van der Waals surface area contributed by atoms with Crippen LogP contribution in [-0.2, 0) is 17.8 Å². The summed E-state index contributed by atoms with van der Waals surface area (Å²) in [5, 5.41) is 3.07. The summed E-state index contributed by atoms with van der Waals surface area (Å²) < 4.78 is 2.03. The Hall–Kier alpha value is -2.17. The van der Waals surface area contributed by atoms with Crippen LogP contribution < -0.4 is 5.32 Å². The zero-order valence-corrected chi connectivity index (χ0v) is 13.5. The lowest BCUT2D eigenvalue weighted by molar-refractivity contribution is -0.122. The van der Waals surface area contributed by atoms with Gasteiger partial charge in [0.2, 0.25) is 5.91 Å². The molecule has 0 aliphatic heterocycles. The molecule has 5 heteroatoms. The highest BCUT2D eigenvalue weighted by Crippen LogP contribution is 2.14. The Bertz CT molecular complexity index is 621. The lowest BCUT2D eigenvalue weighted by Gasteiger charge is -2.17. The van der Waals surface area contributed by atoms with E-state index >= 15 is 0 Å². The van der Waals surface area contributed by atoms with Crippen LogP contribution in [0.5, 0.6) is 0 Å². The lowest BCUT2D eigenvalue weighted by atomic mass is 10.1. The minimum Gasteiger partial charge on any atom is -0.348 e. The predicted molar refractivity (Wildman–Crippen MR) is 86.4 cm³/mol. The van der Waals surface area contributed by atoms with Crippen molar-refractivity contribution in [3.63, 3.8) is 0 Å². The Morgan fingerprint density at radius 2 is 2.18 bits per heavy atom. The van der Waals surface area contributed by atoms with E-state index in [0.717, 1.165) is 30.1 Å². The molecule has 0 aliphatic rings. The van der Waals surface area contributed by atoms with Crippen LogP contribution in [0, 0.1) is 6.92 Å². The van der Waals surface area contributed by atoms with Gasteiger partial charge >= 0.3 is 0 Å². The van der Waals surface area contributed by atoms with E-state index < -0.39 is 0 Å². The molecule has 1 N–H and O–H groups in total. The van der Waals surface area contributed by atoms with Crippen LogP contribution in [0.4, 0.5) is 0 Å².